The summed E-state index contributed by atoms with van der Waals surface area (Å²) in [5.74, 6) is -1.53. The molecule has 0 aliphatic rings. The molecule has 1 rings (SSSR count). The van der Waals surface area contributed by atoms with Gasteiger partial charge in [0.25, 0.3) is 0 Å². The first kappa shape index (κ1) is 14.1. The second kappa shape index (κ2) is 6.13. The van der Waals surface area contributed by atoms with Gasteiger partial charge < -0.3 is 5.11 Å². The van der Waals surface area contributed by atoms with Crippen LogP contribution in [-0.4, -0.2) is 25.2 Å². The van der Waals surface area contributed by atoms with Crippen LogP contribution in [0.15, 0.2) is 28.7 Å². The molecule has 0 aromatic heterocycles. The van der Waals surface area contributed by atoms with Crippen LogP contribution in [0.5, 0.6) is 0 Å². The van der Waals surface area contributed by atoms with Crippen molar-refractivity contribution in [2.45, 2.75) is 13.0 Å². The highest BCUT2D eigenvalue weighted by Gasteiger charge is 2.12. The highest BCUT2D eigenvalue weighted by Crippen LogP contribution is 2.11. The van der Waals surface area contributed by atoms with Crippen LogP contribution in [0.2, 0.25) is 0 Å². The molecule has 0 bridgehead atoms. The molecule has 1 aromatic rings. The monoisotopic (exact) mass is 321 g/mol. The Morgan fingerprint density at radius 2 is 2.12 bits per heavy atom. The van der Waals surface area contributed by atoms with Gasteiger partial charge in [-0.25, -0.2) is 13.1 Å². The van der Waals surface area contributed by atoms with Crippen LogP contribution in [-0.2, 0) is 21.4 Å². The molecule has 0 heterocycles. The van der Waals surface area contributed by atoms with E-state index >= 15 is 0 Å². The van der Waals surface area contributed by atoms with Crippen LogP contribution < -0.4 is 4.72 Å². The molecule has 0 fully saturated rings. The number of aliphatic carboxylic acids is 1. The predicted molar refractivity (Wildman–Crippen MR) is 67.0 cm³/mol. The van der Waals surface area contributed by atoms with Gasteiger partial charge in [0.2, 0.25) is 10.0 Å². The SMILES string of the molecule is O=C(O)CCS(=O)(=O)NCc1cccc(Br)c1. The molecule has 0 radical (unpaired) electrons. The van der Waals surface area contributed by atoms with Gasteiger partial charge in [-0.2, -0.15) is 0 Å². The van der Waals surface area contributed by atoms with Crippen molar-refractivity contribution >= 4 is 31.9 Å². The van der Waals surface area contributed by atoms with Crippen LogP contribution in [0.1, 0.15) is 12.0 Å². The third-order valence-electron chi connectivity index (χ3n) is 1.97. The minimum Gasteiger partial charge on any atom is -0.481 e. The van der Waals surface area contributed by atoms with E-state index in [-0.39, 0.29) is 6.54 Å². The smallest absolute Gasteiger partial charge is 0.304 e. The molecule has 7 heteroatoms. The molecule has 5 nitrogen and oxygen atoms in total. The predicted octanol–water partition coefficient (Wildman–Crippen LogP) is 1.34. The number of nitrogens with one attached hydrogen (secondary N) is 1. The van der Waals surface area contributed by atoms with Gasteiger partial charge in [-0.15, -0.1) is 0 Å². The van der Waals surface area contributed by atoms with Crippen LogP contribution in [0, 0.1) is 0 Å². The zero-order valence-corrected chi connectivity index (χ0v) is 11.3. The quantitative estimate of drug-likeness (QED) is 0.828. The number of carboxylic acids is 1. The first-order valence-electron chi connectivity index (χ1n) is 4.82. The number of hydrogen-bond acceptors (Lipinski definition) is 3. The van der Waals surface area contributed by atoms with E-state index in [4.69, 9.17) is 5.11 Å². The maximum atomic E-state index is 11.4. The largest absolute Gasteiger partial charge is 0.481 e. The fraction of sp³-hybridized carbons (Fsp3) is 0.300. The molecule has 0 spiro atoms. The lowest BCUT2D eigenvalue weighted by atomic mass is 10.2. The summed E-state index contributed by atoms with van der Waals surface area (Å²) < 4.78 is 26.0. The molecule has 1 aromatic carbocycles. The van der Waals surface area contributed by atoms with Crippen molar-refractivity contribution in [1.82, 2.24) is 4.72 Å². The average Bonchev–Trinajstić information content (AvgIpc) is 2.24. The van der Waals surface area contributed by atoms with E-state index < -0.39 is 28.2 Å². The summed E-state index contributed by atoms with van der Waals surface area (Å²) in [5.41, 5.74) is 0.804. The van der Waals surface area contributed by atoms with Gasteiger partial charge in [0, 0.05) is 11.0 Å². The number of rotatable bonds is 6. The summed E-state index contributed by atoms with van der Waals surface area (Å²) in [6, 6.07) is 7.21. The van der Waals surface area contributed by atoms with Gasteiger partial charge in [-0.1, -0.05) is 28.1 Å². The van der Waals surface area contributed by atoms with E-state index in [0.717, 1.165) is 10.0 Å². The third kappa shape index (κ3) is 5.81. The van der Waals surface area contributed by atoms with Gasteiger partial charge in [-0.3, -0.25) is 4.79 Å². The number of carbonyl (C=O) groups is 1. The summed E-state index contributed by atoms with van der Waals surface area (Å²) in [6.45, 7) is 0.154. The molecule has 0 saturated heterocycles. The maximum Gasteiger partial charge on any atom is 0.304 e. The highest BCUT2D eigenvalue weighted by atomic mass is 79.9. The summed E-state index contributed by atoms with van der Waals surface area (Å²) in [5, 5.41) is 8.40. The zero-order chi connectivity index (χ0) is 12.9. The van der Waals surface area contributed by atoms with Gasteiger partial charge in [-0.05, 0) is 17.7 Å². The molecule has 0 aliphatic carbocycles. The van der Waals surface area contributed by atoms with Crippen LogP contribution in [0.3, 0.4) is 0 Å². The fourth-order valence-corrected chi connectivity index (χ4v) is 2.55. The number of sulfonamides is 1. The van der Waals surface area contributed by atoms with E-state index in [0.29, 0.717) is 0 Å². The van der Waals surface area contributed by atoms with Crippen molar-refractivity contribution < 1.29 is 18.3 Å². The molecule has 2 N–H and O–H groups in total. The Kier molecular flexibility index (Phi) is 5.10. The number of carboxylic acid groups (broad SMARTS) is 1. The topological polar surface area (TPSA) is 83.5 Å². The average molecular weight is 322 g/mol. The Morgan fingerprint density at radius 1 is 1.41 bits per heavy atom. The van der Waals surface area contributed by atoms with Crippen molar-refractivity contribution in [3.05, 3.63) is 34.3 Å². The van der Waals surface area contributed by atoms with E-state index in [2.05, 4.69) is 20.7 Å². The molecule has 0 saturated carbocycles. The molecule has 0 atom stereocenters. The second-order valence-corrected chi connectivity index (χ2v) is 6.26. The van der Waals surface area contributed by atoms with E-state index in [9.17, 15) is 13.2 Å². The number of hydrogen-bond donors (Lipinski definition) is 2. The number of halogens is 1. The normalized spacial score (nSPS) is 11.4. The summed E-state index contributed by atoms with van der Waals surface area (Å²) in [4.78, 5) is 10.3. The third-order valence-corrected chi connectivity index (χ3v) is 3.79. The molecule has 94 valence electrons. The Hall–Kier alpha value is -0.920. The summed E-state index contributed by atoms with van der Waals surface area (Å²) in [7, 11) is -3.53. The van der Waals surface area contributed by atoms with Crippen molar-refractivity contribution in [2.24, 2.45) is 0 Å². The molecule has 0 unspecified atom stereocenters. The van der Waals surface area contributed by atoms with Gasteiger partial charge >= 0.3 is 5.97 Å². The van der Waals surface area contributed by atoms with Crippen molar-refractivity contribution in [3.63, 3.8) is 0 Å². The van der Waals surface area contributed by atoms with Crippen LogP contribution in [0.25, 0.3) is 0 Å². The van der Waals surface area contributed by atoms with E-state index in [1.807, 2.05) is 6.07 Å². The maximum absolute atomic E-state index is 11.4. The van der Waals surface area contributed by atoms with Crippen molar-refractivity contribution in [1.29, 1.82) is 0 Å². The summed E-state index contributed by atoms with van der Waals surface area (Å²) >= 11 is 3.28. The second-order valence-electron chi connectivity index (χ2n) is 3.41. The minimum atomic E-state index is -3.53. The minimum absolute atomic E-state index is 0.154. The van der Waals surface area contributed by atoms with Crippen molar-refractivity contribution in [2.75, 3.05) is 5.75 Å². The van der Waals surface area contributed by atoms with Gasteiger partial charge in [0.15, 0.2) is 0 Å². The van der Waals surface area contributed by atoms with Crippen molar-refractivity contribution in [3.8, 4) is 0 Å². The Bertz CT molecular complexity index is 501. The number of benzene rings is 1. The first-order chi connectivity index (χ1) is 7.89. The molecular formula is C10H12BrNO4S. The molecule has 17 heavy (non-hydrogen) atoms. The first-order valence-corrected chi connectivity index (χ1v) is 7.27. The molecule has 0 aliphatic heterocycles. The Labute approximate surface area is 108 Å². The lowest BCUT2D eigenvalue weighted by Crippen LogP contribution is -2.27. The Balaban J connectivity index is 2.52. The van der Waals surface area contributed by atoms with Gasteiger partial charge in [0.1, 0.15) is 0 Å². The van der Waals surface area contributed by atoms with E-state index in [1.165, 1.54) is 0 Å². The lowest BCUT2D eigenvalue weighted by molar-refractivity contribution is -0.136. The Morgan fingerprint density at radius 3 is 2.71 bits per heavy atom. The highest BCUT2D eigenvalue weighted by molar-refractivity contribution is 9.10. The lowest BCUT2D eigenvalue weighted by Gasteiger charge is -2.05. The molecular weight excluding hydrogens is 310 g/mol. The fourth-order valence-electron chi connectivity index (χ4n) is 1.13. The summed E-state index contributed by atoms with van der Waals surface area (Å²) in [6.07, 6.45) is -0.395. The standard InChI is InChI=1S/C10H12BrNO4S/c11-9-3-1-2-8(6-9)7-12-17(15,16)5-4-10(13)14/h1-3,6,12H,4-5,7H2,(H,13,14). The van der Waals surface area contributed by atoms with Crippen LogP contribution >= 0.6 is 15.9 Å². The molecule has 0 amide bonds. The van der Waals surface area contributed by atoms with Crippen LogP contribution in [0.4, 0.5) is 0 Å². The van der Waals surface area contributed by atoms with Gasteiger partial charge in [0.05, 0.1) is 12.2 Å². The zero-order valence-electron chi connectivity index (χ0n) is 8.89. The van der Waals surface area contributed by atoms with E-state index in [1.54, 1.807) is 18.2 Å².